The highest BCUT2D eigenvalue weighted by atomic mass is 32.2. The van der Waals surface area contributed by atoms with Gasteiger partial charge in [-0.2, -0.15) is 0 Å². The van der Waals surface area contributed by atoms with Crippen molar-refractivity contribution < 1.29 is 9.52 Å². The molecule has 0 amide bonds. The molecule has 0 bridgehead atoms. The van der Waals surface area contributed by atoms with Gasteiger partial charge in [-0.25, -0.2) is 4.79 Å². The lowest BCUT2D eigenvalue weighted by molar-refractivity contribution is 0.473. The Morgan fingerprint density at radius 3 is 2.54 bits per heavy atom. The zero-order valence-electron chi connectivity index (χ0n) is 18.3. The van der Waals surface area contributed by atoms with Gasteiger partial charge in [0.05, 0.1) is 17.4 Å². The van der Waals surface area contributed by atoms with Crippen molar-refractivity contribution in [2.45, 2.75) is 17.5 Å². The van der Waals surface area contributed by atoms with Crippen LogP contribution >= 0.6 is 11.8 Å². The first-order valence-electron chi connectivity index (χ1n) is 10.9. The molecule has 9 heteroatoms. The van der Waals surface area contributed by atoms with E-state index in [-0.39, 0.29) is 11.3 Å². The van der Waals surface area contributed by atoms with Crippen LogP contribution in [0.5, 0.6) is 5.75 Å². The summed E-state index contributed by atoms with van der Waals surface area (Å²) in [4.78, 5) is 25.4. The van der Waals surface area contributed by atoms with Crippen LogP contribution in [0.1, 0.15) is 11.1 Å². The van der Waals surface area contributed by atoms with Crippen LogP contribution in [0.25, 0.3) is 27.6 Å². The molecule has 3 heterocycles. The van der Waals surface area contributed by atoms with Crippen molar-refractivity contribution >= 4 is 39.4 Å². The molecule has 6 aromatic rings. The van der Waals surface area contributed by atoms with Crippen LogP contribution < -0.4 is 11.2 Å². The molecule has 3 aromatic heterocycles. The third kappa shape index (κ3) is 3.75. The number of aromatic hydroxyl groups is 1. The number of phenolic OH excluding ortho intramolecular Hbond substituents is 1. The van der Waals surface area contributed by atoms with Gasteiger partial charge in [0, 0.05) is 23.3 Å². The van der Waals surface area contributed by atoms with Gasteiger partial charge in [-0.15, -0.1) is 10.2 Å². The number of para-hydroxylation sites is 1. The molecule has 35 heavy (non-hydrogen) atoms. The quantitative estimate of drug-likeness (QED) is 0.290. The maximum absolute atomic E-state index is 13.4. The zero-order chi connectivity index (χ0) is 23.9. The smallest absolute Gasteiger partial charge is 0.336 e. The van der Waals surface area contributed by atoms with Crippen LogP contribution in [-0.4, -0.2) is 24.3 Å². The molecule has 3 aromatic carbocycles. The van der Waals surface area contributed by atoms with Crippen molar-refractivity contribution in [1.29, 1.82) is 0 Å². The van der Waals surface area contributed by atoms with Gasteiger partial charge < -0.3 is 9.52 Å². The number of hydrogen-bond acceptors (Lipinski definition) is 7. The first-order valence-corrected chi connectivity index (χ1v) is 11.9. The third-order valence-corrected chi connectivity index (χ3v) is 6.81. The molecule has 0 saturated carbocycles. The highest BCUT2D eigenvalue weighted by Gasteiger charge is 2.18. The zero-order valence-corrected chi connectivity index (χ0v) is 19.1. The third-order valence-electron chi connectivity index (χ3n) is 5.83. The molecule has 8 nitrogen and oxygen atoms in total. The predicted octanol–water partition coefficient (Wildman–Crippen LogP) is 4.20. The summed E-state index contributed by atoms with van der Waals surface area (Å²) in [5, 5.41) is 20.4. The number of thioether (sulfide) groups is 1. The lowest BCUT2D eigenvalue weighted by Crippen LogP contribution is -2.24. The van der Waals surface area contributed by atoms with Gasteiger partial charge in [0.2, 0.25) is 5.78 Å². The SMILES string of the molecule is O=c1cc(CSc2nnc3n(Cc4ccccc4)c(=O)c4ccccc4n23)c2ccc(O)cc2o1. The molecule has 0 fully saturated rings. The molecule has 0 radical (unpaired) electrons. The van der Waals surface area contributed by atoms with Crippen LogP contribution in [0, 0.1) is 0 Å². The fraction of sp³-hybridized carbons (Fsp3) is 0.0769. The standard InChI is InChI=1S/C26H18N4O4S/c31-18-10-11-19-17(12-23(32)34-22(19)13-18)15-35-26-28-27-25-29(14-16-6-2-1-3-7-16)24(33)20-8-4-5-9-21(20)30(25)26/h1-13,31H,14-15H2. The van der Waals surface area contributed by atoms with Crippen LogP contribution in [0.3, 0.4) is 0 Å². The topological polar surface area (TPSA) is 103 Å². The average Bonchev–Trinajstić information content (AvgIpc) is 3.29. The van der Waals surface area contributed by atoms with E-state index in [1.807, 2.05) is 52.9 Å². The molecule has 0 saturated heterocycles. The maximum Gasteiger partial charge on any atom is 0.336 e. The van der Waals surface area contributed by atoms with Gasteiger partial charge >= 0.3 is 5.63 Å². The number of hydrogen-bond donors (Lipinski definition) is 1. The van der Waals surface area contributed by atoms with Crippen molar-refractivity contribution in [3.8, 4) is 5.75 Å². The molecule has 0 unspecified atom stereocenters. The second-order valence-electron chi connectivity index (χ2n) is 8.07. The van der Waals surface area contributed by atoms with Gasteiger partial charge in [0.25, 0.3) is 5.56 Å². The summed E-state index contributed by atoms with van der Waals surface area (Å²) in [5.41, 5.74) is 2.14. The number of aromatic nitrogens is 4. The van der Waals surface area contributed by atoms with Crippen molar-refractivity contribution in [1.82, 2.24) is 19.2 Å². The summed E-state index contributed by atoms with van der Waals surface area (Å²) >= 11 is 1.40. The van der Waals surface area contributed by atoms with E-state index in [2.05, 4.69) is 10.2 Å². The highest BCUT2D eigenvalue weighted by Crippen LogP contribution is 2.29. The van der Waals surface area contributed by atoms with E-state index in [9.17, 15) is 14.7 Å². The summed E-state index contributed by atoms with van der Waals surface area (Å²) < 4.78 is 8.75. The number of fused-ring (bicyclic) bond motifs is 4. The molecule has 6 rings (SSSR count). The van der Waals surface area contributed by atoms with E-state index < -0.39 is 5.63 Å². The fourth-order valence-corrected chi connectivity index (χ4v) is 5.15. The van der Waals surface area contributed by atoms with E-state index in [1.165, 1.54) is 23.9 Å². The normalized spacial score (nSPS) is 11.5. The number of rotatable bonds is 5. The van der Waals surface area contributed by atoms with E-state index >= 15 is 0 Å². The van der Waals surface area contributed by atoms with Crippen LogP contribution in [0.4, 0.5) is 0 Å². The van der Waals surface area contributed by atoms with Gasteiger partial charge in [-0.1, -0.05) is 54.2 Å². The Kier molecular flexibility index (Phi) is 5.11. The van der Waals surface area contributed by atoms with Crippen molar-refractivity contribution in [2.24, 2.45) is 0 Å². The minimum atomic E-state index is -0.494. The van der Waals surface area contributed by atoms with E-state index in [0.29, 0.717) is 39.7 Å². The second-order valence-corrected chi connectivity index (χ2v) is 9.01. The van der Waals surface area contributed by atoms with Crippen LogP contribution in [0.15, 0.2) is 98.0 Å². The number of phenols is 1. The fourth-order valence-electron chi connectivity index (χ4n) is 4.22. The van der Waals surface area contributed by atoms with Crippen LogP contribution in [-0.2, 0) is 12.3 Å². The van der Waals surface area contributed by atoms with E-state index in [1.54, 1.807) is 22.8 Å². The largest absolute Gasteiger partial charge is 0.508 e. The average molecular weight is 483 g/mol. The Hall–Kier alpha value is -4.37. The summed E-state index contributed by atoms with van der Waals surface area (Å²) in [6.45, 7) is 0.366. The van der Waals surface area contributed by atoms with Crippen molar-refractivity contribution in [3.05, 3.63) is 111 Å². The Morgan fingerprint density at radius 1 is 0.886 bits per heavy atom. The first-order chi connectivity index (χ1) is 17.1. The summed E-state index contributed by atoms with van der Waals surface area (Å²) in [6.07, 6.45) is 0. The van der Waals surface area contributed by atoms with Crippen LogP contribution in [0.2, 0.25) is 0 Å². The summed E-state index contributed by atoms with van der Waals surface area (Å²) in [5.74, 6) is 0.888. The lowest BCUT2D eigenvalue weighted by Gasteiger charge is -2.11. The van der Waals surface area contributed by atoms with Crippen molar-refractivity contribution in [2.75, 3.05) is 0 Å². The highest BCUT2D eigenvalue weighted by molar-refractivity contribution is 7.98. The Morgan fingerprint density at radius 2 is 1.69 bits per heavy atom. The number of benzene rings is 3. The monoisotopic (exact) mass is 482 g/mol. The van der Waals surface area contributed by atoms with E-state index in [4.69, 9.17) is 4.42 Å². The number of nitrogens with zero attached hydrogens (tertiary/aromatic N) is 4. The van der Waals surface area contributed by atoms with Gasteiger partial charge in [0.1, 0.15) is 11.3 Å². The predicted molar refractivity (Wildman–Crippen MR) is 134 cm³/mol. The molecule has 172 valence electrons. The Bertz CT molecular complexity index is 1840. The molecule has 0 aliphatic rings. The Balaban J connectivity index is 1.47. The van der Waals surface area contributed by atoms with Gasteiger partial charge in [-0.05, 0) is 35.4 Å². The van der Waals surface area contributed by atoms with Crippen molar-refractivity contribution in [3.63, 3.8) is 0 Å². The molecule has 0 aliphatic carbocycles. The summed E-state index contributed by atoms with van der Waals surface area (Å²) in [6, 6.07) is 23.3. The molecular formula is C26H18N4O4S. The molecule has 0 spiro atoms. The van der Waals surface area contributed by atoms with Gasteiger partial charge in [0.15, 0.2) is 5.16 Å². The minimum absolute atomic E-state index is 0.0248. The second kappa shape index (κ2) is 8.44. The lowest BCUT2D eigenvalue weighted by atomic mass is 10.1. The molecule has 0 aliphatic heterocycles. The summed E-state index contributed by atoms with van der Waals surface area (Å²) in [7, 11) is 0. The molecular weight excluding hydrogens is 464 g/mol. The maximum atomic E-state index is 13.4. The molecule has 0 atom stereocenters. The van der Waals surface area contributed by atoms with Gasteiger partial charge in [-0.3, -0.25) is 13.8 Å². The Labute approximate surface area is 202 Å². The first kappa shape index (κ1) is 21.2. The van der Waals surface area contributed by atoms with E-state index in [0.717, 1.165) is 16.5 Å². The minimum Gasteiger partial charge on any atom is -0.508 e. The molecule has 1 N–H and O–H groups in total.